The molecule has 2 N–H and O–H groups in total. The number of benzene rings is 4. The van der Waals surface area contributed by atoms with E-state index in [2.05, 4.69) is 57.1 Å². The summed E-state index contributed by atoms with van der Waals surface area (Å²) in [6, 6.07) is 29.3. The molecule has 0 saturated heterocycles. The summed E-state index contributed by atoms with van der Waals surface area (Å²) in [5, 5.41) is 9.38. The standard InChI is InChI=1S/C66H80F6N8O2S2/c1-9-13-23-45(11-3)43-73-83-49-33-29-47(30-34-49)79-61(81)51(59(75-79)65(67,68)69)37-39-57-63(5,6)53-25-17-19-27-55(53)77(57)41-21-15-16-22-42-78-56-28-20-18-26-54(56)64(7,8)58(78)40-38-52-60(66(70,71)72)76-80(62(52)82)48-31-35-50(36-32-48)84-74-44-46(12-4)24-14-10-2/h17-20,25-40,45-46,73-74H,9-16,21-24,41-44H2,1-8H3/b51-37-,52-38-,57-39+,58-40+. The first-order valence-corrected chi connectivity index (χ1v) is 31.4. The van der Waals surface area contributed by atoms with Crippen LogP contribution in [0.5, 0.6) is 0 Å². The average molecular weight is 1200 g/mol. The zero-order valence-corrected chi connectivity index (χ0v) is 51.2. The number of hydrazone groups is 2. The normalized spacial score (nSPS) is 19.4. The Morgan fingerprint density at radius 2 is 0.881 bits per heavy atom. The highest BCUT2D eigenvalue weighted by Gasteiger charge is 2.49. The number of para-hydroxylation sites is 2. The predicted molar refractivity (Wildman–Crippen MR) is 334 cm³/mol. The number of rotatable bonds is 27. The number of amides is 2. The summed E-state index contributed by atoms with van der Waals surface area (Å²) in [6.45, 7) is 19.6. The lowest BCUT2D eigenvalue weighted by Gasteiger charge is -2.28. The molecule has 2 unspecified atom stereocenters. The van der Waals surface area contributed by atoms with Gasteiger partial charge in [-0.2, -0.15) is 46.6 Å². The Hall–Kier alpha value is -6.08. The number of anilines is 4. The first-order valence-electron chi connectivity index (χ1n) is 29.7. The van der Waals surface area contributed by atoms with Gasteiger partial charge in [-0.25, -0.2) is 0 Å². The smallest absolute Gasteiger partial charge is 0.344 e. The summed E-state index contributed by atoms with van der Waals surface area (Å²) < 4.78 is 95.3. The van der Waals surface area contributed by atoms with E-state index in [0.717, 1.165) is 131 Å². The van der Waals surface area contributed by atoms with Crippen molar-refractivity contribution in [3.05, 3.63) is 155 Å². The molecule has 450 valence electrons. The number of allylic oxidation sites excluding steroid dienone is 6. The topological polar surface area (TPSA) is 95.9 Å². The first kappa shape index (κ1) is 63.9. The summed E-state index contributed by atoms with van der Waals surface area (Å²) in [5.74, 6) is -0.631. The Kier molecular flexibility index (Phi) is 21.3. The van der Waals surface area contributed by atoms with Crippen molar-refractivity contribution >= 4 is 69.9 Å². The van der Waals surface area contributed by atoms with E-state index < -0.39 is 57.6 Å². The number of carbonyl (C=O) groups is 2. The van der Waals surface area contributed by atoms with E-state index in [0.29, 0.717) is 24.9 Å². The average Bonchev–Trinajstić information content (AvgIpc) is 2.42. The third-order valence-electron chi connectivity index (χ3n) is 16.6. The van der Waals surface area contributed by atoms with Gasteiger partial charge in [0.15, 0.2) is 11.4 Å². The fourth-order valence-electron chi connectivity index (χ4n) is 11.6. The maximum absolute atomic E-state index is 14.7. The lowest BCUT2D eigenvalue weighted by Crippen LogP contribution is -2.28. The molecule has 8 rings (SSSR count). The molecular weight excluding hydrogens is 1110 g/mol. The van der Waals surface area contributed by atoms with Gasteiger partial charge in [0, 0.05) is 69.6 Å². The molecule has 0 aromatic heterocycles. The summed E-state index contributed by atoms with van der Waals surface area (Å²) >= 11 is 2.90. The van der Waals surface area contributed by atoms with Crippen LogP contribution in [0, 0.1) is 11.8 Å². The second kappa shape index (κ2) is 28.0. The molecule has 10 nitrogen and oxygen atoms in total. The highest BCUT2D eigenvalue weighted by atomic mass is 32.2. The Balaban J connectivity index is 0.939. The van der Waals surface area contributed by atoms with Crippen LogP contribution in [-0.4, -0.2) is 61.8 Å². The van der Waals surface area contributed by atoms with Gasteiger partial charge in [-0.05, 0) is 158 Å². The molecule has 4 aliphatic heterocycles. The van der Waals surface area contributed by atoms with Crippen LogP contribution >= 0.6 is 23.9 Å². The number of carbonyl (C=O) groups excluding carboxylic acids is 2. The zero-order chi connectivity index (χ0) is 60.4. The summed E-state index contributed by atoms with van der Waals surface area (Å²) in [6.07, 6.45) is 8.11. The molecule has 84 heavy (non-hydrogen) atoms. The molecule has 2 amide bonds. The molecule has 4 aromatic carbocycles. The number of alkyl halides is 6. The van der Waals surface area contributed by atoms with E-state index >= 15 is 0 Å². The van der Waals surface area contributed by atoms with Crippen LogP contribution in [0.4, 0.5) is 49.1 Å². The Morgan fingerprint density at radius 1 is 0.512 bits per heavy atom. The van der Waals surface area contributed by atoms with Crippen molar-refractivity contribution in [2.45, 2.75) is 165 Å². The number of fused-ring (bicyclic) bond motifs is 2. The van der Waals surface area contributed by atoms with Crippen molar-refractivity contribution in [1.29, 1.82) is 0 Å². The molecule has 0 spiro atoms. The van der Waals surface area contributed by atoms with E-state index in [1.54, 1.807) is 60.7 Å². The fourth-order valence-corrected chi connectivity index (χ4v) is 13.1. The largest absolute Gasteiger partial charge is 0.435 e. The fraction of sp³-hybridized carbons (Fsp3) is 0.455. The van der Waals surface area contributed by atoms with Gasteiger partial charge in [0.2, 0.25) is 0 Å². The number of unbranched alkanes of at least 4 members (excludes halogenated alkanes) is 5. The highest BCUT2D eigenvalue weighted by molar-refractivity contribution is 7.97. The second-order valence-corrected chi connectivity index (χ2v) is 25.0. The molecule has 4 heterocycles. The van der Waals surface area contributed by atoms with Crippen molar-refractivity contribution in [1.82, 2.24) is 9.44 Å². The molecule has 0 saturated carbocycles. The van der Waals surface area contributed by atoms with Crippen LogP contribution in [0.2, 0.25) is 0 Å². The van der Waals surface area contributed by atoms with Crippen LogP contribution in [0.15, 0.2) is 164 Å². The van der Waals surface area contributed by atoms with Gasteiger partial charge in [-0.1, -0.05) is 143 Å². The van der Waals surface area contributed by atoms with Crippen molar-refractivity contribution in [2.24, 2.45) is 22.0 Å². The van der Waals surface area contributed by atoms with Crippen LogP contribution in [-0.2, 0) is 20.4 Å². The van der Waals surface area contributed by atoms with E-state index in [9.17, 15) is 35.9 Å². The number of halogens is 6. The summed E-state index contributed by atoms with van der Waals surface area (Å²) in [5.41, 5.74) is 1.05. The van der Waals surface area contributed by atoms with Crippen LogP contribution in [0.25, 0.3) is 0 Å². The number of nitrogens with one attached hydrogen (secondary N) is 2. The van der Waals surface area contributed by atoms with Gasteiger partial charge in [0.05, 0.1) is 22.5 Å². The highest BCUT2D eigenvalue weighted by Crippen LogP contribution is 2.50. The molecule has 0 bridgehead atoms. The van der Waals surface area contributed by atoms with Crippen molar-refractivity contribution in [3.63, 3.8) is 0 Å². The molecular formula is C66H80F6N8O2S2. The van der Waals surface area contributed by atoms with E-state index in [4.69, 9.17) is 0 Å². The lowest BCUT2D eigenvalue weighted by atomic mass is 9.83. The quantitative estimate of drug-likeness (QED) is 0.0264. The maximum Gasteiger partial charge on any atom is 0.435 e. The minimum absolute atomic E-state index is 0.231. The monoisotopic (exact) mass is 1190 g/mol. The number of hydrogen-bond donors (Lipinski definition) is 2. The van der Waals surface area contributed by atoms with Crippen LogP contribution < -0.4 is 29.3 Å². The van der Waals surface area contributed by atoms with Gasteiger partial charge in [0.1, 0.15) is 0 Å². The van der Waals surface area contributed by atoms with Crippen molar-refractivity contribution < 1.29 is 35.9 Å². The third-order valence-corrected chi connectivity index (χ3v) is 18.2. The molecule has 0 aliphatic carbocycles. The van der Waals surface area contributed by atoms with Crippen LogP contribution in [0.3, 0.4) is 0 Å². The summed E-state index contributed by atoms with van der Waals surface area (Å²) in [4.78, 5) is 33.9. The Morgan fingerprint density at radius 3 is 1.23 bits per heavy atom. The van der Waals surface area contributed by atoms with E-state index in [-0.39, 0.29) is 11.4 Å². The van der Waals surface area contributed by atoms with Crippen LogP contribution in [0.1, 0.15) is 144 Å². The molecule has 4 aliphatic rings. The first-order chi connectivity index (χ1) is 40.1. The predicted octanol–water partition coefficient (Wildman–Crippen LogP) is 17.3. The van der Waals surface area contributed by atoms with E-state index in [1.165, 1.54) is 48.9 Å². The second-order valence-electron chi connectivity index (χ2n) is 23.1. The number of nitrogens with zero attached hydrogens (tertiary/aromatic N) is 6. The maximum atomic E-state index is 14.7. The summed E-state index contributed by atoms with van der Waals surface area (Å²) in [7, 11) is 0. The number of hydrogen-bond acceptors (Lipinski definition) is 10. The van der Waals surface area contributed by atoms with Gasteiger partial charge in [0.25, 0.3) is 11.8 Å². The molecule has 0 radical (unpaired) electrons. The minimum Gasteiger partial charge on any atom is -0.344 e. The van der Waals surface area contributed by atoms with Gasteiger partial charge < -0.3 is 9.80 Å². The molecule has 18 heteroatoms. The Bertz CT molecular complexity index is 2940. The Labute approximate surface area is 501 Å². The third kappa shape index (κ3) is 14.6. The molecule has 0 fully saturated rings. The zero-order valence-electron chi connectivity index (χ0n) is 49.6. The van der Waals surface area contributed by atoms with Crippen molar-refractivity contribution in [2.75, 3.05) is 46.0 Å². The van der Waals surface area contributed by atoms with Gasteiger partial charge in [-0.15, -0.1) is 0 Å². The lowest BCUT2D eigenvalue weighted by molar-refractivity contribution is -0.115. The van der Waals surface area contributed by atoms with Gasteiger partial charge in [-0.3, -0.25) is 19.0 Å². The van der Waals surface area contributed by atoms with Gasteiger partial charge >= 0.3 is 12.4 Å². The minimum atomic E-state index is -4.89. The van der Waals surface area contributed by atoms with E-state index in [1.807, 2.05) is 76.2 Å². The van der Waals surface area contributed by atoms with Crippen molar-refractivity contribution in [3.8, 4) is 0 Å². The molecule has 2 atom stereocenters. The molecule has 4 aromatic rings. The SMILES string of the molecule is CCCCC(CC)CNSc1ccc(N2N=C(C(F)(F)F)/C(=C/C=C3/N(CCCCCCN4/C(=C/C=C5\C(=O)N(c6ccc(SNCC(CC)CCCC)cc6)N=C5C(F)(F)F)C(C)(C)c5ccccc54)c4ccccc4C3(C)C)C2=O)cc1.